The second-order valence-corrected chi connectivity index (χ2v) is 8.22. The molecule has 3 aliphatic rings. The van der Waals surface area contributed by atoms with Crippen molar-refractivity contribution in [1.82, 2.24) is 0 Å². The molecule has 172 valence electrons. The van der Waals surface area contributed by atoms with Crippen molar-refractivity contribution in [2.75, 3.05) is 27.4 Å². The van der Waals surface area contributed by atoms with Gasteiger partial charge in [-0.1, -0.05) is 6.58 Å². The maximum atomic E-state index is 13.6. The van der Waals surface area contributed by atoms with E-state index in [4.69, 9.17) is 28.4 Å². The highest BCUT2D eigenvalue weighted by atomic mass is 16.5. The van der Waals surface area contributed by atoms with E-state index in [0.717, 1.165) is 5.56 Å². The van der Waals surface area contributed by atoms with Gasteiger partial charge in [-0.25, -0.2) is 0 Å². The van der Waals surface area contributed by atoms with Crippen LogP contribution in [0.3, 0.4) is 0 Å². The summed E-state index contributed by atoms with van der Waals surface area (Å²) in [5.41, 5.74) is 2.67. The first-order valence-corrected chi connectivity index (χ1v) is 10.6. The molecule has 0 aliphatic carbocycles. The normalized spacial score (nSPS) is 21.8. The first-order chi connectivity index (χ1) is 15.9. The lowest BCUT2D eigenvalue weighted by atomic mass is 9.81. The zero-order chi connectivity index (χ0) is 23.3. The summed E-state index contributed by atoms with van der Waals surface area (Å²) in [6.45, 7) is 5.64. The Kier molecular flexibility index (Phi) is 5.15. The molecular formula is C25H24O8. The van der Waals surface area contributed by atoms with Gasteiger partial charge in [-0.3, -0.25) is 9.59 Å². The highest BCUT2D eigenvalue weighted by molar-refractivity contribution is 6.06. The number of hydrogen-bond acceptors (Lipinski definition) is 8. The number of rotatable bonds is 5. The highest BCUT2D eigenvalue weighted by Crippen LogP contribution is 2.49. The van der Waals surface area contributed by atoms with Crippen LogP contribution in [0.25, 0.3) is 0 Å². The molecule has 3 aliphatic heterocycles. The average Bonchev–Trinajstić information content (AvgIpc) is 3.26. The third-order valence-electron chi connectivity index (χ3n) is 6.24. The van der Waals surface area contributed by atoms with Crippen molar-refractivity contribution < 1.29 is 38.0 Å². The van der Waals surface area contributed by atoms with E-state index in [1.165, 1.54) is 6.92 Å². The lowest BCUT2D eigenvalue weighted by molar-refractivity contribution is -0.140. The number of methoxy groups -OCH3 is 2. The van der Waals surface area contributed by atoms with Crippen molar-refractivity contribution in [1.29, 1.82) is 0 Å². The molecule has 0 bridgehead atoms. The Bertz CT molecular complexity index is 1170. The molecule has 0 unspecified atom stereocenters. The third-order valence-corrected chi connectivity index (χ3v) is 6.24. The van der Waals surface area contributed by atoms with Gasteiger partial charge in [-0.2, -0.15) is 0 Å². The largest absolute Gasteiger partial charge is 0.493 e. The van der Waals surface area contributed by atoms with E-state index in [1.54, 1.807) is 38.5 Å². The summed E-state index contributed by atoms with van der Waals surface area (Å²) >= 11 is 0. The van der Waals surface area contributed by atoms with Gasteiger partial charge < -0.3 is 28.4 Å². The molecule has 3 heterocycles. The smallest absolute Gasteiger partial charge is 0.302 e. The van der Waals surface area contributed by atoms with Crippen molar-refractivity contribution in [2.24, 2.45) is 0 Å². The number of ether oxygens (including phenoxy) is 6. The van der Waals surface area contributed by atoms with Crippen molar-refractivity contribution in [3.8, 4) is 28.7 Å². The molecule has 33 heavy (non-hydrogen) atoms. The molecule has 0 saturated heterocycles. The topological polar surface area (TPSA) is 89.5 Å². The molecule has 0 aromatic heterocycles. The molecule has 0 spiro atoms. The molecule has 0 fully saturated rings. The Labute approximate surface area is 191 Å². The quantitative estimate of drug-likeness (QED) is 0.505. The Balaban J connectivity index is 1.46. The van der Waals surface area contributed by atoms with Crippen LogP contribution in [0.5, 0.6) is 28.7 Å². The van der Waals surface area contributed by atoms with Gasteiger partial charge in [0.1, 0.15) is 42.7 Å². The molecule has 0 radical (unpaired) electrons. The summed E-state index contributed by atoms with van der Waals surface area (Å²) < 4.78 is 34.1. The van der Waals surface area contributed by atoms with Gasteiger partial charge >= 0.3 is 5.97 Å². The molecule has 8 nitrogen and oxygen atoms in total. The Morgan fingerprint density at radius 1 is 1.12 bits per heavy atom. The molecule has 0 amide bonds. The van der Waals surface area contributed by atoms with Crippen molar-refractivity contribution in [2.45, 2.75) is 31.5 Å². The fourth-order valence-corrected chi connectivity index (χ4v) is 4.58. The summed E-state index contributed by atoms with van der Waals surface area (Å²) in [6, 6.07) is 7.04. The molecule has 2 aromatic carbocycles. The molecule has 8 heteroatoms. The Morgan fingerprint density at radius 3 is 2.61 bits per heavy atom. The summed E-state index contributed by atoms with van der Waals surface area (Å²) in [5.74, 6) is 1.87. The van der Waals surface area contributed by atoms with Gasteiger partial charge in [-0.15, -0.1) is 0 Å². The SMILES string of the molecule is C=C(COC(C)=O)[C@H]1Cc2c(ccc3c2O[C@H]2COc4cc(OC)c(OC)cc4[C@@H]2C3=O)O1. The van der Waals surface area contributed by atoms with Crippen molar-refractivity contribution in [3.63, 3.8) is 0 Å². The van der Waals surface area contributed by atoms with Crippen LogP contribution < -0.4 is 23.7 Å². The van der Waals surface area contributed by atoms with E-state index in [1.807, 2.05) is 0 Å². The van der Waals surface area contributed by atoms with Crippen LogP contribution >= 0.6 is 0 Å². The monoisotopic (exact) mass is 452 g/mol. The summed E-state index contributed by atoms with van der Waals surface area (Å²) in [6.07, 6.45) is -0.362. The zero-order valence-corrected chi connectivity index (χ0v) is 18.6. The predicted octanol–water partition coefficient (Wildman–Crippen LogP) is 3.25. The second kappa shape index (κ2) is 8.03. The molecule has 5 rings (SSSR count). The van der Waals surface area contributed by atoms with Crippen LogP contribution in [0.2, 0.25) is 0 Å². The number of fused-ring (bicyclic) bond motifs is 6. The third kappa shape index (κ3) is 3.46. The lowest BCUT2D eigenvalue weighted by Gasteiger charge is -2.37. The van der Waals surface area contributed by atoms with E-state index >= 15 is 0 Å². The van der Waals surface area contributed by atoms with E-state index in [0.29, 0.717) is 51.9 Å². The number of hydrogen-bond donors (Lipinski definition) is 0. The Morgan fingerprint density at radius 2 is 1.88 bits per heavy atom. The summed E-state index contributed by atoms with van der Waals surface area (Å²) in [4.78, 5) is 24.8. The summed E-state index contributed by atoms with van der Waals surface area (Å²) in [7, 11) is 3.10. The number of carbonyl (C=O) groups excluding carboxylic acids is 2. The number of Topliss-reactive ketones (excluding diaryl/α,β-unsaturated/α-hetero) is 1. The van der Waals surface area contributed by atoms with E-state index in [9.17, 15) is 9.59 Å². The van der Waals surface area contributed by atoms with Gasteiger partial charge in [0, 0.05) is 36.1 Å². The molecule has 3 atom stereocenters. The predicted molar refractivity (Wildman–Crippen MR) is 117 cm³/mol. The van der Waals surface area contributed by atoms with E-state index in [-0.39, 0.29) is 31.1 Å². The van der Waals surface area contributed by atoms with Crippen LogP contribution in [0, 0.1) is 0 Å². The zero-order valence-electron chi connectivity index (χ0n) is 18.6. The fraction of sp³-hybridized carbons (Fsp3) is 0.360. The average molecular weight is 452 g/mol. The van der Waals surface area contributed by atoms with Gasteiger partial charge in [0.05, 0.1) is 25.7 Å². The Hall–Kier alpha value is -3.68. The molecular weight excluding hydrogens is 428 g/mol. The molecule has 2 aromatic rings. The van der Waals surface area contributed by atoms with Gasteiger partial charge in [0.25, 0.3) is 0 Å². The lowest BCUT2D eigenvalue weighted by Crippen LogP contribution is -2.43. The maximum Gasteiger partial charge on any atom is 0.302 e. The highest BCUT2D eigenvalue weighted by Gasteiger charge is 2.45. The fourth-order valence-electron chi connectivity index (χ4n) is 4.58. The summed E-state index contributed by atoms with van der Waals surface area (Å²) in [5, 5.41) is 0. The number of esters is 1. The van der Waals surface area contributed by atoms with E-state index in [2.05, 4.69) is 6.58 Å². The van der Waals surface area contributed by atoms with E-state index < -0.39 is 12.0 Å². The van der Waals surface area contributed by atoms with Crippen LogP contribution in [-0.2, 0) is 16.0 Å². The first kappa shape index (κ1) is 21.2. The maximum absolute atomic E-state index is 13.6. The minimum Gasteiger partial charge on any atom is -0.493 e. The van der Waals surface area contributed by atoms with Gasteiger partial charge in [-0.05, 0) is 18.2 Å². The molecule has 0 saturated carbocycles. The first-order valence-electron chi connectivity index (χ1n) is 10.6. The second-order valence-electron chi connectivity index (χ2n) is 8.22. The van der Waals surface area contributed by atoms with Gasteiger partial charge in [0.15, 0.2) is 17.3 Å². The van der Waals surface area contributed by atoms with Crippen LogP contribution in [0.4, 0.5) is 0 Å². The van der Waals surface area contributed by atoms with Crippen LogP contribution in [0.15, 0.2) is 36.4 Å². The van der Waals surface area contributed by atoms with Crippen LogP contribution in [-0.4, -0.2) is 51.4 Å². The standard InChI is InChI=1S/C25H24O8/c1-12(10-30-13(2)26)18-8-16-17(32-18)6-5-14-24(27)23-15-7-20(28-3)21(29-4)9-19(15)31-11-22(23)33-25(14)16/h5-7,9,18,22-23H,1,8,10-11H2,2-4H3/t18-,22+,23+/m1/s1. The number of benzene rings is 2. The van der Waals surface area contributed by atoms with Gasteiger partial charge in [0.2, 0.25) is 0 Å². The number of carbonyl (C=O) groups is 2. The number of ketones is 1. The van der Waals surface area contributed by atoms with Crippen molar-refractivity contribution in [3.05, 3.63) is 53.1 Å². The molecule has 0 N–H and O–H groups in total. The minimum absolute atomic E-state index is 0.0389. The van der Waals surface area contributed by atoms with Crippen LogP contribution in [0.1, 0.15) is 34.3 Å². The minimum atomic E-state index is -0.517. The van der Waals surface area contributed by atoms with Crippen molar-refractivity contribution >= 4 is 11.8 Å².